The largest absolute Gasteiger partial charge is 0.298 e. The summed E-state index contributed by atoms with van der Waals surface area (Å²) in [5.41, 5.74) is 0. The lowest BCUT2D eigenvalue weighted by molar-refractivity contribution is 0.269. The standard InChI is InChI=1S/C11H17N3O2S2/c1-9(8-18(3,15)16)13(2)6-10-7-14-5-4-12-11(14)17-10/h4-5,7,9H,6,8H2,1-3H3. The number of hydrogen-bond acceptors (Lipinski definition) is 5. The maximum absolute atomic E-state index is 11.3. The number of fused-ring (bicyclic) bond motifs is 1. The predicted molar refractivity (Wildman–Crippen MR) is 73.7 cm³/mol. The molecule has 100 valence electrons. The topological polar surface area (TPSA) is 54.7 Å². The summed E-state index contributed by atoms with van der Waals surface area (Å²) < 4.78 is 24.5. The first-order valence-corrected chi connectivity index (χ1v) is 8.52. The van der Waals surface area contributed by atoms with Crippen molar-refractivity contribution < 1.29 is 8.42 Å². The third-order valence-corrected chi connectivity index (χ3v) is 4.92. The van der Waals surface area contributed by atoms with Crippen LogP contribution in [0.1, 0.15) is 11.8 Å². The Labute approximate surface area is 111 Å². The SMILES string of the molecule is CC(CS(C)(=O)=O)N(C)Cc1cn2ccnc2s1. The van der Waals surface area contributed by atoms with Gasteiger partial charge >= 0.3 is 0 Å². The smallest absolute Gasteiger partial charge is 0.193 e. The summed E-state index contributed by atoms with van der Waals surface area (Å²) in [6.07, 6.45) is 6.99. The molecule has 0 bridgehead atoms. The molecule has 0 spiro atoms. The van der Waals surface area contributed by atoms with Gasteiger partial charge in [0.15, 0.2) is 4.96 Å². The van der Waals surface area contributed by atoms with E-state index in [0.29, 0.717) is 0 Å². The monoisotopic (exact) mass is 287 g/mol. The summed E-state index contributed by atoms with van der Waals surface area (Å²) in [4.78, 5) is 8.41. The van der Waals surface area contributed by atoms with Crippen LogP contribution in [-0.4, -0.2) is 47.8 Å². The Bertz CT molecular complexity index is 601. The first kappa shape index (κ1) is 13.5. The van der Waals surface area contributed by atoms with E-state index in [2.05, 4.69) is 4.98 Å². The highest BCUT2D eigenvalue weighted by Crippen LogP contribution is 2.18. The molecule has 0 aliphatic carbocycles. The molecular formula is C11H17N3O2S2. The molecule has 1 atom stereocenters. The number of aromatic nitrogens is 2. The maximum atomic E-state index is 11.3. The second-order valence-electron chi connectivity index (χ2n) is 4.67. The average Bonchev–Trinajstić information content (AvgIpc) is 2.74. The van der Waals surface area contributed by atoms with Crippen LogP contribution in [-0.2, 0) is 16.4 Å². The molecule has 0 aliphatic heterocycles. The van der Waals surface area contributed by atoms with Crippen LogP contribution in [0.15, 0.2) is 18.6 Å². The van der Waals surface area contributed by atoms with Crippen molar-refractivity contribution in [3.05, 3.63) is 23.5 Å². The second-order valence-corrected chi connectivity index (χ2v) is 7.95. The summed E-state index contributed by atoms with van der Waals surface area (Å²) in [6.45, 7) is 2.67. The van der Waals surface area contributed by atoms with Gasteiger partial charge in [0.2, 0.25) is 0 Å². The van der Waals surface area contributed by atoms with Gasteiger partial charge in [-0.05, 0) is 14.0 Å². The van der Waals surface area contributed by atoms with Gasteiger partial charge in [0.05, 0.1) is 5.75 Å². The van der Waals surface area contributed by atoms with Gasteiger partial charge in [-0.3, -0.25) is 9.30 Å². The number of hydrogen-bond donors (Lipinski definition) is 0. The zero-order valence-electron chi connectivity index (χ0n) is 10.7. The van der Waals surface area contributed by atoms with Gasteiger partial charge in [0.1, 0.15) is 9.84 Å². The summed E-state index contributed by atoms with van der Waals surface area (Å²) >= 11 is 1.63. The molecule has 0 fully saturated rings. The average molecular weight is 287 g/mol. The van der Waals surface area contributed by atoms with Crippen molar-refractivity contribution in [3.8, 4) is 0 Å². The number of sulfone groups is 1. The summed E-state index contributed by atoms with van der Waals surface area (Å²) in [7, 11) is -0.987. The molecule has 0 radical (unpaired) electrons. The van der Waals surface area contributed by atoms with Crippen LogP contribution in [0.5, 0.6) is 0 Å². The van der Waals surface area contributed by atoms with E-state index < -0.39 is 9.84 Å². The minimum absolute atomic E-state index is 0.00872. The molecule has 0 amide bonds. The van der Waals surface area contributed by atoms with Gasteiger partial charge in [-0.1, -0.05) is 11.3 Å². The number of imidazole rings is 1. The number of nitrogens with zero attached hydrogens (tertiary/aromatic N) is 3. The van der Waals surface area contributed by atoms with Gasteiger partial charge in [-0.15, -0.1) is 0 Å². The lowest BCUT2D eigenvalue weighted by atomic mass is 10.3. The van der Waals surface area contributed by atoms with Crippen molar-refractivity contribution in [1.29, 1.82) is 0 Å². The molecular weight excluding hydrogens is 270 g/mol. The molecule has 2 rings (SSSR count). The van der Waals surface area contributed by atoms with Crippen molar-refractivity contribution in [2.45, 2.75) is 19.5 Å². The highest BCUT2D eigenvalue weighted by Gasteiger charge is 2.16. The lowest BCUT2D eigenvalue weighted by Crippen LogP contribution is -2.34. The molecule has 2 heterocycles. The molecule has 0 saturated carbocycles. The fourth-order valence-electron chi connectivity index (χ4n) is 1.82. The van der Waals surface area contributed by atoms with Crippen LogP contribution in [0.3, 0.4) is 0 Å². The van der Waals surface area contributed by atoms with E-state index in [1.54, 1.807) is 17.5 Å². The van der Waals surface area contributed by atoms with Crippen molar-refractivity contribution in [1.82, 2.24) is 14.3 Å². The quantitative estimate of drug-likeness (QED) is 0.831. The Morgan fingerprint density at radius 1 is 1.56 bits per heavy atom. The highest BCUT2D eigenvalue weighted by molar-refractivity contribution is 7.90. The molecule has 7 heteroatoms. The van der Waals surface area contributed by atoms with E-state index in [-0.39, 0.29) is 11.8 Å². The fourth-order valence-corrected chi connectivity index (χ4v) is 3.95. The van der Waals surface area contributed by atoms with Crippen LogP contribution in [0, 0.1) is 0 Å². The Kier molecular flexibility index (Phi) is 3.74. The third kappa shape index (κ3) is 3.30. The molecule has 0 saturated heterocycles. The molecule has 1 unspecified atom stereocenters. The van der Waals surface area contributed by atoms with Gasteiger partial charge < -0.3 is 0 Å². The van der Waals surface area contributed by atoms with Crippen LogP contribution in [0.25, 0.3) is 4.96 Å². The molecule has 2 aromatic rings. The van der Waals surface area contributed by atoms with Crippen molar-refractivity contribution >= 4 is 26.1 Å². The van der Waals surface area contributed by atoms with Crippen LogP contribution < -0.4 is 0 Å². The summed E-state index contributed by atoms with van der Waals surface area (Å²) in [5, 5.41) is 0. The highest BCUT2D eigenvalue weighted by atomic mass is 32.2. The Morgan fingerprint density at radius 3 is 2.89 bits per heavy atom. The minimum atomic E-state index is -2.93. The molecule has 5 nitrogen and oxygen atoms in total. The van der Waals surface area contributed by atoms with Crippen molar-refractivity contribution in [2.24, 2.45) is 0 Å². The van der Waals surface area contributed by atoms with Crippen molar-refractivity contribution in [3.63, 3.8) is 0 Å². The van der Waals surface area contributed by atoms with Gasteiger partial charge in [-0.25, -0.2) is 13.4 Å². The van der Waals surface area contributed by atoms with E-state index >= 15 is 0 Å². The minimum Gasteiger partial charge on any atom is -0.298 e. The molecule has 18 heavy (non-hydrogen) atoms. The van der Waals surface area contributed by atoms with E-state index in [4.69, 9.17) is 0 Å². The van der Waals surface area contributed by atoms with E-state index in [0.717, 1.165) is 11.5 Å². The Morgan fingerprint density at radius 2 is 2.28 bits per heavy atom. The summed E-state index contributed by atoms with van der Waals surface area (Å²) in [5.74, 6) is 0.187. The van der Waals surface area contributed by atoms with Gasteiger partial charge in [0.25, 0.3) is 0 Å². The Hall–Kier alpha value is -0.920. The van der Waals surface area contributed by atoms with Crippen LogP contribution in [0.2, 0.25) is 0 Å². The van der Waals surface area contributed by atoms with Gasteiger partial charge in [0, 0.05) is 42.3 Å². The summed E-state index contributed by atoms with van der Waals surface area (Å²) in [6, 6.07) is 0.00872. The van der Waals surface area contributed by atoms with Crippen LogP contribution in [0.4, 0.5) is 0 Å². The normalized spacial score (nSPS) is 14.4. The van der Waals surface area contributed by atoms with Crippen LogP contribution >= 0.6 is 11.3 Å². The molecule has 0 N–H and O–H groups in total. The number of thiazole rings is 1. The lowest BCUT2D eigenvalue weighted by Gasteiger charge is -2.23. The number of rotatable bonds is 5. The first-order valence-electron chi connectivity index (χ1n) is 5.64. The van der Waals surface area contributed by atoms with Crippen molar-refractivity contribution in [2.75, 3.05) is 19.1 Å². The first-order chi connectivity index (χ1) is 8.35. The zero-order valence-corrected chi connectivity index (χ0v) is 12.3. The fraction of sp³-hybridized carbons (Fsp3) is 0.545. The zero-order chi connectivity index (χ0) is 13.3. The van der Waals surface area contributed by atoms with E-state index in [9.17, 15) is 8.42 Å². The molecule has 0 aromatic carbocycles. The third-order valence-electron chi connectivity index (χ3n) is 2.84. The molecule has 0 aliphatic rings. The maximum Gasteiger partial charge on any atom is 0.193 e. The second kappa shape index (κ2) is 4.99. The van der Waals surface area contributed by atoms with Gasteiger partial charge in [-0.2, -0.15) is 0 Å². The predicted octanol–water partition coefficient (Wildman–Crippen LogP) is 1.26. The Balaban J connectivity index is 2.02. The molecule has 2 aromatic heterocycles. The van der Waals surface area contributed by atoms with E-state index in [1.807, 2.05) is 35.7 Å². The van der Waals surface area contributed by atoms with E-state index in [1.165, 1.54) is 11.1 Å².